The molecule has 2 heterocycles. The Hall–Kier alpha value is -2.48. The average molecular weight is 293 g/mol. The molecule has 0 saturated heterocycles. The highest BCUT2D eigenvalue weighted by Gasteiger charge is 2.07. The molecule has 1 N–H and O–H groups in total. The number of rotatable bonds is 3. The number of aryl methyl sites for hydroxylation is 1. The number of aromatic carboxylic acids is 1. The molecule has 20 heavy (non-hydrogen) atoms. The summed E-state index contributed by atoms with van der Waals surface area (Å²) in [6, 6.07) is 0. The minimum Gasteiger partial charge on any atom is -0.477 e. The molecule has 7 nitrogen and oxygen atoms in total. The molecule has 2 aromatic rings. The summed E-state index contributed by atoms with van der Waals surface area (Å²) in [5.41, 5.74) is -0.504. The van der Waals surface area contributed by atoms with Crippen LogP contribution in [0, 0.1) is 0 Å². The van der Waals surface area contributed by atoms with Crippen molar-refractivity contribution < 1.29 is 9.90 Å². The molecule has 0 aliphatic heterocycles. The third-order valence-electron chi connectivity index (χ3n) is 2.61. The third kappa shape index (κ3) is 2.59. The molecule has 0 unspecified atom stereocenters. The van der Waals surface area contributed by atoms with Crippen molar-refractivity contribution in [3.63, 3.8) is 0 Å². The number of hydrogen-bond acceptors (Lipinski definition) is 5. The Bertz CT molecular complexity index is 813. The number of carbonyl (C=O) groups is 1. The lowest BCUT2D eigenvalue weighted by atomic mass is 10.3. The van der Waals surface area contributed by atoms with Crippen molar-refractivity contribution >= 4 is 29.5 Å². The summed E-state index contributed by atoms with van der Waals surface area (Å²) in [6.07, 6.45) is 5.73. The van der Waals surface area contributed by atoms with Gasteiger partial charge in [0.1, 0.15) is 9.88 Å². The van der Waals surface area contributed by atoms with Gasteiger partial charge in [-0.2, -0.15) is 0 Å². The summed E-state index contributed by atoms with van der Waals surface area (Å²) in [7, 11) is 2.94. The van der Waals surface area contributed by atoms with E-state index in [1.807, 2.05) is 0 Å². The maximum Gasteiger partial charge on any atom is 0.347 e. The van der Waals surface area contributed by atoms with E-state index in [1.54, 1.807) is 7.05 Å². The maximum atomic E-state index is 11.9. The van der Waals surface area contributed by atoms with Crippen LogP contribution in [0.1, 0.15) is 20.2 Å². The fourth-order valence-electron chi connectivity index (χ4n) is 1.58. The first-order chi connectivity index (χ1) is 9.40. The molecule has 2 rings (SSSR count). The predicted octanol–water partition coefficient (Wildman–Crippen LogP) is 0.409. The van der Waals surface area contributed by atoms with Crippen LogP contribution >= 0.6 is 11.3 Å². The van der Waals surface area contributed by atoms with Gasteiger partial charge in [0.05, 0.1) is 11.8 Å². The van der Waals surface area contributed by atoms with Gasteiger partial charge in [-0.3, -0.25) is 9.36 Å². The maximum absolute atomic E-state index is 11.9. The van der Waals surface area contributed by atoms with E-state index in [4.69, 9.17) is 5.11 Å². The Morgan fingerprint density at radius 3 is 2.65 bits per heavy atom. The zero-order valence-electron chi connectivity index (χ0n) is 10.7. The van der Waals surface area contributed by atoms with Crippen LogP contribution in [0.15, 0.2) is 22.0 Å². The fraction of sp³-hybridized carbons (Fsp3) is 0.167. The first-order valence-electron chi connectivity index (χ1n) is 5.54. The predicted molar refractivity (Wildman–Crippen MR) is 74.9 cm³/mol. The van der Waals surface area contributed by atoms with Crippen molar-refractivity contribution in [1.82, 2.24) is 14.1 Å². The quantitative estimate of drug-likeness (QED) is 0.884. The number of nitrogens with zero attached hydrogens (tertiary/aromatic N) is 3. The van der Waals surface area contributed by atoms with Crippen molar-refractivity contribution in [2.75, 3.05) is 0 Å². The highest BCUT2D eigenvalue weighted by molar-refractivity contribution is 7.14. The van der Waals surface area contributed by atoms with Crippen LogP contribution < -0.4 is 11.2 Å². The van der Waals surface area contributed by atoms with Crippen molar-refractivity contribution in [3.05, 3.63) is 48.7 Å². The van der Waals surface area contributed by atoms with Gasteiger partial charge in [0.2, 0.25) is 0 Å². The lowest BCUT2D eigenvalue weighted by Gasteiger charge is -2.02. The van der Waals surface area contributed by atoms with Crippen LogP contribution in [0.4, 0.5) is 0 Å². The molecular formula is C12H11N3O4S. The van der Waals surface area contributed by atoms with E-state index in [0.29, 0.717) is 10.6 Å². The Balaban J connectivity index is 2.39. The molecule has 0 fully saturated rings. The summed E-state index contributed by atoms with van der Waals surface area (Å²) in [5.74, 6) is -1.04. The molecule has 0 aromatic carbocycles. The largest absolute Gasteiger partial charge is 0.477 e. The van der Waals surface area contributed by atoms with Gasteiger partial charge in [-0.25, -0.2) is 14.6 Å². The first kappa shape index (κ1) is 13.9. The second kappa shape index (κ2) is 5.25. The Kier molecular flexibility index (Phi) is 3.66. The van der Waals surface area contributed by atoms with Crippen molar-refractivity contribution in [3.8, 4) is 0 Å². The lowest BCUT2D eigenvalue weighted by Crippen LogP contribution is -2.37. The summed E-state index contributed by atoms with van der Waals surface area (Å²) < 4.78 is 2.30. The molecule has 0 saturated carbocycles. The number of hydrogen-bond donors (Lipinski definition) is 1. The van der Waals surface area contributed by atoms with Crippen LogP contribution in [0.2, 0.25) is 0 Å². The summed E-state index contributed by atoms with van der Waals surface area (Å²) in [4.78, 5) is 38.1. The van der Waals surface area contributed by atoms with Crippen molar-refractivity contribution in [2.24, 2.45) is 14.1 Å². The van der Waals surface area contributed by atoms with Crippen LogP contribution in [0.5, 0.6) is 0 Å². The molecule has 8 heteroatoms. The van der Waals surface area contributed by atoms with Gasteiger partial charge in [0.15, 0.2) is 0 Å². The zero-order valence-corrected chi connectivity index (χ0v) is 11.5. The molecule has 104 valence electrons. The fourth-order valence-corrected chi connectivity index (χ4v) is 2.23. The first-order valence-corrected chi connectivity index (χ1v) is 6.35. The Morgan fingerprint density at radius 1 is 1.35 bits per heavy atom. The van der Waals surface area contributed by atoms with Crippen LogP contribution in [0.3, 0.4) is 0 Å². The Morgan fingerprint density at radius 2 is 2.05 bits per heavy atom. The lowest BCUT2D eigenvalue weighted by molar-refractivity contribution is 0.0702. The van der Waals surface area contributed by atoms with E-state index in [1.165, 1.54) is 36.2 Å². The van der Waals surface area contributed by atoms with Gasteiger partial charge >= 0.3 is 11.7 Å². The van der Waals surface area contributed by atoms with Gasteiger partial charge in [-0.15, -0.1) is 11.3 Å². The smallest absolute Gasteiger partial charge is 0.347 e. The number of carboxylic acids is 1. The average Bonchev–Trinajstić information content (AvgIpc) is 2.88. The SMILES string of the molecule is Cn1cc(/C=C\c2ncc(C(=O)O)s2)c(=O)n(C)c1=O. The molecule has 0 aliphatic carbocycles. The zero-order chi connectivity index (χ0) is 14.9. The summed E-state index contributed by atoms with van der Waals surface area (Å²) in [6.45, 7) is 0. The third-order valence-corrected chi connectivity index (χ3v) is 3.56. The minimum atomic E-state index is -1.04. The van der Waals surface area contributed by atoms with E-state index in [2.05, 4.69) is 4.98 Å². The van der Waals surface area contributed by atoms with E-state index in [0.717, 1.165) is 15.9 Å². The highest BCUT2D eigenvalue weighted by atomic mass is 32.1. The normalized spacial score (nSPS) is 11.1. The van der Waals surface area contributed by atoms with Gasteiger partial charge in [0, 0.05) is 20.3 Å². The number of thiazole rings is 1. The standard InChI is InChI=1S/C12H11N3O4S/c1-14-6-7(10(16)15(2)12(14)19)3-4-9-13-5-8(20-9)11(17)18/h3-6H,1-2H3,(H,17,18)/b4-3-. The molecule has 2 aromatic heterocycles. The second-order valence-electron chi connectivity index (χ2n) is 4.04. The van der Waals surface area contributed by atoms with Crippen LogP contribution in [0.25, 0.3) is 12.2 Å². The molecule has 0 radical (unpaired) electrons. The summed E-state index contributed by atoms with van der Waals surface area (Å²) >= 11 is 1.00. The molecule has 0 amide bonds. The van der Waals surface area contributed by atoms with Gasteiger partial charge < -0.3 is 9.67 Å². The van der Waals surface area contributed by atoms with E-state index >= 15 is 0 Å². The van der Waals surface area contributed by atoms with E-state index in [9.17, 15) is 14.4 Å². The van der Waals surface area contributed by atoms with Gasteiger partial charge in [-0.05, 0) is 12.2 Å². The molecule has 0 spiro atoms. The monoisotopic (exact) mass is 293 g/mol. The molecule has 0 atom stereocenters. The Labute approximate surface area is 117 Å². The van der Waals surface area contributed by atoms with Crippen molar-refractivity contribution in [1.29, 1.82) is 0 Å². The second-order valence-corrected chi connectivity index (χ2v) is 5.11. The van der Waals surface area contributed by atoms with Crippen molar-refractivity contribution in [2.45, 2.75) is 0 Å². The molecule has 0 bridgehead atoms. The molecular weight excluding hydrogens is 282 g/mol. The molecule has 0 aliphatic rings. The van der Waals surface area contributed by atoms with Gasteiger partial charge in [-0.1, -0.05) is 0 Å². The number of aromatic nitrogens is 3. The van der Waals surface area contributed by atoms with E-state index in [-0.39, 0.29) is 4.88 Å². The minimum absolute atomic E-state index is 0.123. The van der Waals surface area contributed by atoms with Crippen LogP contribution in [-0.2, 0) is 14.1 Å². The highest BCUT2D eigenvalue weighted by Crippen LogP contribution is 2.15. The van der Waals surface area contributed by atoms with E-state index < -0.39 is 17.2 Å². The summed E-state index contributed by atoms with van der Waals surface area (Å²) in [5, 5.41) is 9.26. The van der Waals surface area contributed by atoms with Gasteiger partial charge in [0.25, 0.3) is 5.56 Å². The number of carboxylic acid groups (broad SMARTS) is 1. The topological polar surface area (TPSA) is 94.2 Å². The van der Waals surface area contributed by atoms with Crippen LogP contribution in [-0.4, -0.2) is 25.2 Å².